The van der Waals surface area contributed by atoms with Crippen molar-refractivity contribution in [2.75, 3.05) is 13.2 Å². The predicted molar refractivity (Wildman–Crippen MR) is 202 cm³/mol. The van der Waals surface area contributed by atoms with Crippen LogP contribution in [0.1, 0.15) is 149 Å². The molecule has 278 valence electrons. The second-order valence-corrected chi connectivity index (χ2v) is 20.0. The normalized spacial score (nSPS) is 44.6. The van der Waals surface area contributed by atoms with E-state index in [0.29, 0.717) is 59.6 Å². The molecule has 6 rings (SSSR count). The van der Waals surface area contributed by atoms with Gasteiger partial charge in [-0.15, -0.1) is 0 Å². The lowest BCUT2D eigenvalue weighted by molar-refractivity contribution is -0.126. The lowest BCUT2D eigenvalue weighted by atomic mass is 9.62. The van der Waals surface area contributed by atoms with Gasteiger partial charge in [0, 0.05) is 11.9 Å². The Hall–Kier alpha value is -0.0951. The van der Waals surface area contributed by atoms with Gasteiger partial charge < -0.3 is 18.9 Å². The molecule has 6 bridgehead atoms. The Morgan fingerprint density at radius 2 is 1.10 bits per heavy atom. The van der Waals surface area contributed by atoms with Gasteiger partial charge in [0.25, 0.3) is 0 Å². The fourth-order valence-electron chi connectivity index (χ4n) is 13.2. The maximum Gasteiger partial charge on any atom is 0.109 e. The molecule has 4 aliphatic heterocycles. The number of hydrogen-bond acceptors (Lipinski definition) is 4. The topological polar surface area (TPSA) is 36.9 Å². The van der Waals surface area contributed by atoms with Crippen LogP contribution >= 0.6 is 0 Å². The van der Waals surface area contributed by atoms with Crippen molar-refractivity contribution in [2.45, 2.75) is 184 Å². The van der Waals surface area contributed by atoms with Crippen molar-refractivity contribution in [3.63, 3.8) is 0 Å². The molecule has 2 saturated carbocycles. The van der Waals surface area contributed by atoms with Crippen molar-refractivity contribution < 1.29 is 18.9 Å². The molecule has 6 aliphatic rings. The van der Waals surface area contributed by atoms with Crippen molar-refractivity contribution in [3.05, 3.63) is 0 Å². The van der Waals surface area contributed by atoms with Gasteiger partial charge in [-0.2, -0.15) is 0 Å². The summed E-state index contributed by atoms with van der Waals surface area (Å²) < 4.78 is 24.8. The van der Waals surface area contributed by atoms with Gasteiger partial charge >= 0.3 is 0 Å². The molecule has 2 aliphatic carbocycles. The van der Waals surface area contributed by atoms with Crippen molar-refractivity contribution in [2.24, 2.45) is 76.9 Å². The number of ether oxygens (including phenoxy) is 4. The van der Waals surface area contributed by atoms with Gasteiger partial charge in [-0.25, -0.2) is 0 Å². The molecule has 13 unspecified atom stereocenters. The molecule has 6 fully saturated rings. The third-order valence-electron chi connectivity index (χ3n) is 13.5. The first-order valence-corrected chi connectivity index (χ1v) is 20.7. The van der Waals surface area contributed by atoms with Crippen molar-refractivity contribution in [3.8, 4) is 0 Å². The Bertz CT molecular complexity index is 911. The van der Waals surface area contributed by atoms with E-state index >= 15 is 0 Å². The van der Waals surface area contributed by atoms with Crippen LogP contribution in [0.25, 0.3) is 0 Å². The summed E-state index contributed by atoms with van der Waals surface area (Å²) in [6.07, 6.45) is 9.50. The summed E-state index contributed by atoms with van der Waals surface area (Å²) in [4.78, 5) is 0. The highest BCUT2D eigenvalue weighted by atomic mass is 16.6. The molecule has 4 nitrogen and oxygen atoms in total. The lowest BCUT2D eigenvalue weighted by Gasteiger charge is -2.43. The van der Waals surface area contributed by atoms with Crippen molar-refractivity contribution in [1.82, 2.24) is 0 Å². The van der Waals surface area contributed by atoms with Gasteiger partial charge in [-0.05, 0) is 123 Å². The van der Waals surface area contributed by atoms with Gasteiger partial charge in [0.15, 0.2) is 0 Å². The van der Waals surface area contributed by atoms with Gasteiger partial charge in [0.1, 0.15) is 7.85 Å². The van der Waals surface area contributed by atoms with Crippen LogP contribution < -0.4 is 0 Å². The average molecular weight is 671 g/mol. The van der Waals surface area contributed by atoms with E-state index in [2.05, 4.69) is 104 Å². The van der Waals surface area contributed by atoms with E-state index in [4.69, 9.17) is 26.8 Å². The van der Waals surface area contributed by atoms with Gasteiger partial charge in [-0.1, -0.05) is 96.4 Å². The lowest BCUT2D eigenvalue weighted by Crippen LogP contribution is -2.49. The van der Waals surface area contributed by atoms with E-state index in [1.54, 1.807) is 0 Å². The molecule has 4 heterocycles. The second-order valence-electron chi connectivity index (χ2n) is 20.0. The molecule has 0 aromatic heterocycles. The zero-order valence-corrected chi connectivity index (χ0v) is 34.3. The summed E-state index contributed by atoms with van der Waals surface area (Å²) in [7, 11) is 6.19. The Balaban J connectivity index is 0.000000163. The predicted octanol–water partition coefficient (Wildman–Crippen LogP) is 10.6. The van der Waals surface area contributed by atoms with E-state index in [1.807, 2.05) is 0 Å². The summed E-state index contributed by atoms with van der Waals surface area (Å²) in [5.41, 5.74) is 0.321. The molecule has 2 radical (unpaired) electrons. The SMILES string of the molecule is CC(C)CC12CC(C)C(C(C)O1)C2C(C)C.CC(C)CC12COCC(C(C)O1)C2C(C)C.[B]C1OC2(CC(C)C)CCCC1C2C(C)C. The maximum atomic E-state index is 6.40. The van der Waals surface area contributed by atoms with Gasteiger partial charge in [0.05, 0.1) is 42.2 Å². The summed E-state index contributed by atoms with van der Waals surface area (Å²) >= 11 is 0. The number of rotatable bonds is 9. The quantitative estimate of drug-likeness (QED) is 0.229. The molecule has 48 heavy (non-hydrogen) atoms. The minimum absolute atomic E-state index is 0.00463. The molecular weight excluding hydrogens is 591 g/mol. The summed E-state index contributed by atoms with van der Waals surface area (Å²) in [6.45, 7) is 36.5. The first-order chi connectivity index (χ1) is 22.3. The fourth-order valence-corrected chi connectivity index (χ4v) is 13.2. The minimum atomic E-state index is -0.00588. The standard InChI is InChI=1S/C15H28O.C14H25BO.C14H26O2/c1-9(2)7-15-8-11(5)13(12(6)16-15)14(15)10(3)4;1-9(2)8-14-7-5-6-11(13(15)16-14)12(14)10(3)4;1-9(2)6-14-8-15-7-12(11(5)16-14)13(14)10(3)4/h9-14H,7-8H2,1-6H3;9-13H,5-8H2,1-4H3;9-13H,6-8H2,1-5H3. The molecular formula is C43H79BO4. The Kier molecular flexibility index (Phi) is 13.5. The highest BCUT2D eigenvalue weighted by molar-refractivity contribution is 6.11. The maximum absolute atomic E-state index is 6.40. The van der Waals surface area contributed by atoms with Crippen LogP contribution in [0, 0.1) is 76.9 Å². The third kappa shape index (κ3) is 8.10. The third-order valence-corrected chi connectivity index (χ3v) is 13.5. The fraction of sp³-hybridized carbons (Fsp3) is 1.00. The first-order valence-electron chi connectivity index (χ1n) is 20.7. The second kappa shape index (κ2) is 15.9. The summed E-state index contributed by atoms with van der Waals surface area (Å²) in [5, 5.41) is 0. The zero-order chi connectivity index (χ0) is 35.9. The van der Waals surface area contributed by atoms with Crippen LogP contribution in [0.15, 0.2) is 0 Å². The highest BCUT2D eigenvalue weighted by Crippen LogP contribution is 2.60. The number of hydrogen-bond donors (Lipinski definition) is 0. The van der Waals surface area contributed by atoms with Gasteiger partial charge in [0.2, 0.25) is 0 Å². The van der Waals surface area contributed by atoms with Crippen LogP contribution in [-0.4, -0.2) is 56.1 Å². The van der Waals surface area contributed by atoms with Gasteiger partial charge in [-0.3, -0.25) is 0 Å². The Morgan fingerprint density at radius 1 is 0.604 bits per heavy atom. The van der Waals surface area contributed by atoms with Crippen LogP contribution in [0.5, 0.6) is 0 Å². The number of fused-ring (bicyclic) bond motifs is 6. The molecule has 0 spiro atoms. The van der Waals surface area contributed by atoms with Crippen LogP contribution in [-0.2, 0) is 18.9 Å². The first kappa shape index (κ1) is 40.7. The molecule has 0 aromatic carbocycles. The summed E-state index contributed by atoms with van der Waals surface area (Å²) in [6, 6.07) is -0.00588. The highest BCUT2D eigenvalue weighted by Gasteiger charge is 2.62. The van der Waals surface area contributed by atoms with Crippen molar-refractivity contribution in [1.29, 1.82) is 0 Å². The Labute approximate surface area is 300 Å². The van der Waals surface area contributed by atoms with Crippen molar-refractivity contribution >= 4 is 7.85 Å². The van der Waals surface area contributed by atoms with E-state index in [0.717, 1.165) is 49.2 Å². The molecule has 0 N–H and O–H groups in total. The average Bonchev–Trinajstić information content (AvgIpc) is 3.49. The zero-order valence-electron chi connectivity index (χ0n) is 34.3. The molecule has 0 amide bonds. The van der Waals surface area contributed by atoms with Crippen LogP contribution in [0.3, 0.4) is 0 Å². The van der Waals surface area contributed by atoms with E-state index in [1.165, 1.54) is 38.5 Å². The van der Waals surface area contributed by atoms with E-state index in [-0.39, 0.29) is 22.8 Å². The Morgan fingerprint density at radius 3 is 1.62 bits per heavy atom. The summed E-state index contributed by atoms with van der Waals surface area (Å²) in [5.74, 6) is 9.29. The van der Waals surface area contributed by atoms with E-state index in [9.17, 15) is 0 Å². The minimum Gasteiger partial charge on any atom is -0.381 e. The molecule has 4 saturated heterocycles. The molecule has 0 aromatic rings. The van der Waals surface area contributed by atoms with E-state index < -0.39 is 0 Å². The largest absolute Gasteiger partial charge is 0.381 e. The van der Waals surface area contributed by atoms with Crippen LogP contribution in [0.4, 0.5) is 0 Å². The smallest absolute Gasteiger partial charge is 0.109 e. The monoisotopic (exact) mass is 671 g/mol. The molecule has 13 atom stereocenters. The molecule has 5 heteroatoms. The van der Waals surface area contributed by atoms with Crippen LogP contribution in [0.2, 0.25) is 0 Å².